The summed E-state index contributed by atoms with van der Waals surface area (Å²) in [5.41, 5.74) is 1.91. The number of carbonyl (C=O) groups is 1. The van der Waals surface area contributed by atoms with Crippen LogP contribution in [-0.4, -0.2) is 35.6 Å². The third kappa shape index (κ3) is 4.47. The normalized spacial score (nSPS) is 17.4. The maximum absolute atomic E-state index is 12.4. The zero-order valence-electron chi connectivity index (χ0n) is 13.9. The maximum Gasteiger partial charge on any atom is 0.321 e. The Labute approximate surface area is 142 Å². The van der Waals surface area contributed by atoms with E-state index in [0.29, 0.717) is 12.5 Å². The van der Waals surface area contributed by atoms with Gasteiger partial charge in [0, 0.05) is 25.2 Å². The van der Waals surface area contributed by atoms with Crippen LogP contribution in [0.5, 0.6) is 5.75 Å². The SMILES string of the molecule is Cc1cccc(OCC2CCCN(C(=O)Nc3cccnc3)C2)c1. The van der Waals surface area contributed by atoms with Gasteiger partial charge in [0.25, 0.3) is 0 Å². The van der Waals surface area contributed by atoms with Crippen molar-refractivity contribution < 1.29 is 9.53 Å². The number of benzene rings is 1. The second kappa shape index (κ2) is 7.81. The van der Waals surface area contributed by atoms with Gasteiger partial charge in [-0.25, -0.2) is 4.79 Å². The number of piperidine rings is 1. The molecule has 2 amide bonds. The van der Waals surface area contributed by atoms with Gasteiger partial charge in [-0.2, -0.15) is 0 Å². The molecule has 0 radical (unpaired) electrons. The molecule has 1 aliphatic rings. The zero-order chi connectivity index (χ0) is 16.8. The number of nitrogens with one attached hydrogen (secondary N) is 1. The van der Waals surface area contributed by atoms with Crippen LogP contribution in [0.2, 0.25) is 0 Å². The van der Waals surface area contributed by atoms with Crippen molar-refractivity contribution in [2.24, 2.45) is 5.92 Å². The minimum atomic E-state index is -0.0664. The molecule has 2 heterocycles. The van der Waals surface area contributed by atoms with Gasteiger partial charge in [-0.1, -0.05) is 12.1 Å². The molecule has 1 aromatic heterocycles. The van der Waals surface area contributed by atoms with Crippen molar-refractivity contribution in [3.63, 3.8) is 0 Å². The largest absolute Gasteiger partial charge is 0.493 e. The average molecular weight is 325 g/mol. The molecule has 0 spiro atoms. The van der Waals surface area contributed by atoms with Gasteiger partial charge >= 0.3 is 6.03 Å². The Morgan fingerprint density at radius 3 is 3.08 bits per heavy atom. The lowest BCUT2D eigenvalue weighted by Gasteiger charge is -2.32. The Hall–Kier alpha value is -2.56. The third-order valence-corrected chi connectivity index (χ3v) is 4.19. The molecule has 1 aliphatic heterocycles. The van der Waals surface area contributed by atoms with E-state index < -0.39 is 0 Å². The number of carbonyl (C=O) groups excluding carboxylic acids is 1. The summed E-state index contributed by atoms with van der Waals surface area (Å²) < 4.78 is 5.90. The molecule has 1 atom stereocenters. The van der Waals surface area contributed by atoms with Gasteiger partial charge < -0.3 is 15.0 Å². The van der Waals surface area contributed by atoms with Crippen molar-refractivity contribution in [3.8, 4) is 5.75 Å². The molecule has 5 heteroatoms. The fourth-order valence-electron chi connectivity index (χ4n) is 2.94. The van der Waals surface area contributed by atoms with E-state index in [-0.39, 0.29) is 6.03 Å². The summed E-state index contributed by atoms with van der Waals surface area (Å²) in [6.07, 6.45) is 5.43. The van der Waals surface area contributed by atoms with Crippen molar-refractivity contribution in [2.75, 3.05) is 25.0 Å². The van der Waals surface area contributed by atoms with E-state index >= 15 is 0 Å². The minimum absolute atomic E-state index is 0.0664. The average Bonchev–Trinajstić information content (AvgIpc) is 2.61. The fraction of sp³-hybridized carbons (Fsp3) is 0.368. The van der Waals surface area contributed by atoms with E-state index in [9.17, 15) is 4.79 Å². The van der Waals surface area contributed by atoms with Crippen LogP contribution < -0.4 is 10.1 Å². The van der Waals surface area contributed by atoms with Crippen LogP contribution in [0.1, 0.15) is 18.4 Å². The summed E-state index contributed by atoms with van der Waals surface area (Å²) in [6.45, 7) is 4.20. The number of likely N-dealkylation sites (tertiary alicyclic amines) is 1. The van der Waals surface area contributed by atoms with Crippen LogP contribution in [0.4, 0.5) is 10.5 Å². The summed E-state index contributed by atoms with van der Waals surface area (Å²) in [5.74, 6) is 1.26. The summed E-state index contributed by atoms with van der Waals surface area (Å²) in [4.78, 5) is 18.3. The van der Waals surface area contributed by atoms with Crippen molar-refractivity contribution in [3.05, 3.63) is 54.4 Å². The molecule has 1 N–H and O–H groups in total. The minimum Gasteiger partial charge on any atom is -0.493 e. The summed E-state index contributed by atoms with van der Waals surface area (Å²) in [6, 6.07) is 11.6. The number of hydrogen-bond donors (Lipinski definition) is 1. The molecular formula is C19H23N3O2. The monoisotopic (exact) mass is 325 g/mol. The smallest absolute Gasteiger partial charge is 0.321 e. The highest BCUT2D eigenvalue weighted by molar-refractivity contribution is 5.89. The van der Waals surface area contributed by atoms with E-state index in [2.05, 4.69) is 23.3 Å². The summed E-state index contributed by atoms with van der Waals surface area (Å²) in [7, 11) is 0. The number of amides is 2. The summed E-state index contributed by atoms with van der Waals surface area (Å²) in [5, 5.41) is 2.90. The number of nitrogens with zero attached hydrogens (tertiary/aromatic N) is 2. The standard InChI is InChI=1S/C19H23N3O2/c1-15-5-2-8-18(11-15)24-14-16-6-4-10-22(13-16)19(23)21-17-7-3-9-20-12-17/h2-3,5,7-9,11-12,16H,4,6,10,13-14H2,1H3,(H,21,23). The number of rotatable bonds is 4. The predicted octanol–water partition coefficient (Wildman–Crippen LogP) is 3.71. The highest BCUT2D eigenvalue weighted by Crippen LogP contribution is 2.20. The molecule has 1 saturated heterocycles. The molecule has 0 aliphatic carbocycles. The Morgan fingerprint density at radius 2 is 2.29 bits per heavy atom. The maximum atomic E-state index is 12.4. The Bertz CT molecular complexity index is 675. The molecule has 126 valence electrons. The number of ether oxygens (including phenoxy) is 1. The molecule has 0 bridgehead atoms. The van der Waals surface area contributed by atoms with E-state index in [1.165, 1.54) is 5.56 Å². The number of anilines is 1. The van der Waals surface area contributed by atoms with Crippen molar-refractivity contribution in [1.29, 1.82) is 0 Å². The van der Waals surface area contributed by atoms with Gasteiger partial charge in [0.1, 0.15) is 5.75 Å². The van der Waals surface area contributed by atoms with E-state index in [1.54, 1.807) is 12.4 Å². The van der Waals surface area contributed by atoms with Gasteiger partial charge in [-0.15, -0.1) is 0 Å². The highest BCUT2D eigenvalue weighted by Gasteiger charge is 2.24. The molecular weight excluding hydrogens is 302 g/mol. The Morgan fingerprint density at radius 1 is 1.38 bits per heavy atom. The van der Waals surface area contributed by atoms with Crippen molar-refractivity contribution in [1.82, 2.24) is 9.88 Å². The lowest BCUT2D eigenvalue weighted by atomic mass is 9.99. The Balaban J connectivity index is 1.51. The lowest BCUT2D eigenvalue weighted by molar-refractivity contribution is 0.145. The third-order valence-electron chi connectivity index (χ3n) is 4.19. The highest BCUT2D eigenvalue weighted by atomic mass is 16.5. The first-order chi connectivity index (χ1) is 11.7. The second-order valence-corrected chi connectivity index (χ2v) is 6.25. The molecule has 1 fully saturated rings. The summed E-state index contributed by atoms with van der Waals surface area (Å²) >= 11 is 0. The number of aromatic nitrogens is 1. The molecule has 3 rings (SSSR count). The number of hydrogen-bond acceptors (Lipinski definition) is 3. The first-order valence-electron chi connectivity index (χ1n) is 8.36. The van der Waals surface area contributed by atoms with Crippen LogP contribution in [0.3, 0.4) is 0 Å². The van der Waals surface area contributed by atoms with E-state index in [4.69, 9.17) is 4.74 Å². The number of pyridine rings is 1. The van der Waals surface area contributed by atoms with Gasteiger partial charge in [-0.05, 0) is 49.6 Å². The van der Waals surface area contributed by atoms with E-state index in [0.717, 1.165) is 37.4 Å². The Kier molecular flexibility index (Phi) is 5.31. The number of urea groups is 1. The quantitative estimate of drug-likeness (QED) is 0.932. The van der Waals surface area contributed by atoms with E-state index in [1.807, 2.05) is 35.2 Å². The number of aryl methyl sites for hydroxylation is 1. The van der Waals surface area contributed by atoms with Gasteiger partial charge in [0.2, 0.25) is 0 Å². The first-order valence-corrected chi connectivity index (χ1v) is 8.36. The first kappa shape index (κ1) is 16.3. The fourth-order valence-corrected chi connectivity index (χ4v) is 2.94. The van der Waals surface area contributed by atoms with Crippen LogP contribution in [0.25, 0.3) is 0 Å². The molecule has 1 aromatic carbocycles. The van der Waals surface area contributed by atoms with Gasteiger partial charge in [0.15, 0.2) is 0 Å². The second-order valence-electron chi connectivity index (χ2n) is 6.25. The van der Waals surface area contributed by atoms with Gasteiger partial charge in [-0.3, -0.25) is 4.98 Å². The van der Waals surface area contributed by atoms with Gasteiger partial charge in [0.05, 0.1) is 18.5 Å². The molecule has 0 saturated carbocycles. The van der Waals surface area contributed by atoms with Crippen molar-refractivity contribution >= 4 is 11.7 Å². The molecule has 24 heavy (non-hydrogen) atoms. The lowest BCUT2D eigenvalue weighted by Crippen LogP contribution is -2.43. The zero-order valence-corrected chi connectivity index (χ0v) is 13.9. The topological polar surface area (TPSA) is 54.5 Å². The van der Waals surface area contributed by atoms with Crippen LogP contribution in [-0.2, 0) is 0 Å². The van der Waals surface area contributed by atoms with Crippen LogP contribution >= 0.6 is 0 Å². The molecule has 2 aromatic rings. The predicted molar refractivity (Wildman–Crippen MR) is 94.2 cm³/mol. The van der Waals surface area contributed by atoms with Crippen LogP contribution in [0.15, 0.2) is 48.8 Å². The molecule has 5 nitrogen and oxygen atoms in total. The van der Waals surface area contributed by atoms with Crippen LogP contribution in [0, 0.1) is 12.8 Å². The molecule has 1 unspecified atom stereocenters. The van der Waals surface area contributed by atoms with Crippen molar-refractivity contribution in [2.45, 2.75) is 19.8 Å².